The fourth-order valence-corrected chi connectivity index (χ4v) is 4.13. The number of anilines is 1. The number of nitrogens with zero attached hydrogens (tertiary/aromatic N) is 3. The van der Waals surface area contributed by atoms with Crippen molar-refractivity contribution in [1.82, 2.24) is 20.3 Å². The van der Waals surface area contributed by atoms with Crippen LogP contribution in [0.1, 0.15) is 16.5 Å². The van der Waals surface area contributed by atoms with Gasteiger partial charge in [-0.15, -0.1) is 5.10 Å². The number of amides is 2. The Balaban J connectivity index is 1.24. The van der Waals surface area contributed by atoms with Crippen molar-refractivity contribution in [3.63, 3.8) is 0 Å². The first kappa shape index (κ1) is 19.5. The van der Waals surface area contributed by atoms with Gasteiger partial charge in [-0.3, -0.25) is 0 Å². The van der Waals surface area contributed by atoms with Crippen LogP contribution in [0.2, 0.25) is 0 Å². The number of fused-ring (bicyclic) bond motifs is 2. The number of rotatable bonds is 4. The lowest BCUT2D eigenvalue weighted by atomic mass is 10.1. The molecule has 0 saturated carbocycles. The Kier molecular flexibility index (Phi) is 5.00. The fraction of sp³-hybridized carbons (Fsp3) is 0.333. The maximum absolute atomic E-state index is 12.7. The third-order valence-electron chi connectivity index (χ3n) is 5.63. The number of hydrogen-bond acceptors (Lipinski definition) is 7. The summed E-state index contributed by atoms with van der Waals surface area (Å²) in [5, 5.41) is 15.7. The van der Waals surface area contributed by atoms with E-state index in [1.807, 2.05) is 42.5 Å². The van der Waals surface area contributed by atoms with E-state index in [9.17, 15) is 9.59 Å². The van der Waals surface area contributed by atoms with E-state index >= 15 is 0 Å². The summed E-state index contributed by atoms with van der Waals surface area (Å²) in [4.78, 5) is 24.3. The Morgan fingerprint density at radius 3 is 2.77 bits per heavy atom. The first-order chi connectivity index (χ1) is 15.1. The lowest BCUT2D eigenvalue weighted by molar-refractivity contribution is 0.0592. The molecule has 3 heterocycles. The van der Waals surface area contributed by atoms with Gasteiger partial charge in [0.25, 0.3) is 0 Å². The van der Waals surface area contributed by atoms with E-state index in [2.05, 4.69) is 25.7 Å². The first-order valence-electron chi connectivity index (χ1n) is 9.92. The van der Waals surface area contributed by atoms with Crippen molar-refractivity contribution in [2.45, 2.75) is 24.3 Å². The zero-order chi connectivity index (χ0) is 21.4. The highest BCUT2D eigenvalue weighted by Gasteiger charge is 2.49. The molecule has 0 spiro atoms. The normalized spacial score (nSPS) is 24.7. The van der Waals surface area contributed by atoms with Crippen LogP contribution < -0.4 is 10.6 Å². The molecule has 2 fully saturated rings. The van der Waals surface area contributed by atoms with E-state index in [4.69, 9.17) is 9.47 Å². The Labute approximate surface area is 177 Å². The third-order valence-corrected chi connectivity index (χ3v) is 5.63. The standard InChI is InChI=1S/C21H21N5O5/c1-29-20(27)15-9-26(25-24-15)17-11-31-18-16(10-30-19(17)18)23-21(28)22-14-8-4-6-12-5-2-3-7-13(12)14/h2-9,16-19H,10-11H2,1H3,(H2,22,23,28)/t16-,17+,18-,19+/m0/s1. The number of methoxy groups -OCH3 is 1. The molecule has 0 bridgehead atoms. The van der Waals surface area contributed by atoms with Crippen molar-refractivity contribution >= 4 is 28.5 Å². The van der Waals surface area contributed by atoms with Gasteiger partial charge in [-0.05, 0) is 11.5 Å². The molecule has 4 atom stereocenters. The topological polar surface area (TPSA) is 117 Å². The molecule has 10 nitrogen and oxygen atoms in total. The van der Waals surface area contributed by atoms with Crippen LogP contribution in [0.5, 0.6) is 0 Å². The molecule has 2 aliphatic heterocycles. The lowest BCUT2D eigenvalue weighted by Gasteiger charge is -2.18. The van der Waals surface area contributed by atoms with Crippen LogP contribution in [0.4, 0.5) is 10.5 Å². The summed E-state index contributed by atoms with van der Waals surface area (Å²) in [5.74, 6) is -0.557. The monoisotopic (exact) mass is 423 g/mol. The molecule has 3 aromatic rings. The van der Waals surface area contributed by atoms with Crippen molar-refractivity contribution in [2.75, 3.05) is 25.6 Å². The Morgan fingerprint density at radius 1 is 1.10 bits per heavy atom. The van der Waals surface area contributed by atoms with Crippen molar-refractivity contribution in [3.05, 3.63) is 54.4 Å². The van der Waals surface area contributed by atoms with Gasteiger partial charge in [-0.1, -0.05) is 41.6 Å². The highest BCUT2D eigenvalue weighted by molar-refractivity contribution is 6.01. The molecule has 2 N–H and O–H groups in total. The van der Waals surface area contributed by atoms with Crippen LogP contribution in [0.3, 0.4) is 0 Å². The molecule has 0 aliphatic carbocycles. The summed E-state index contributed by atoms with van der Waals surface area (Å²) in [6, 6.07) is 12.7. The lowest BCUT2D eigenvalue weighted by Crippen LogP contribution is -2.45. The van der Waals surface area contributed by atoms with Gasteiger partial charge < -0.3 is 24.8 Å². The predicted molar refractivity (Wildman–Crippen MR) is 110 cm³/mol. The molecule has 10 heteroatoms. The molecular weight excluding hydrogens is 402 g/mol. The van der Waals surface area contributed by atoms with E-state index in [1.54, 1.807) is 4.68 Å². The van der Waals surface area contributed by atoms with Crippen molar-refractivity contribution in [1.29, 1.82) is 0 Å². The fourth-order valence-electron chi connectivity index (χ4n) is 4.13. The number of benzene rings is 2. The van der Waals surface area contributed by atoms with Crippen molar-refractivity contribution in [2.24, 2.45) is 0 Å². The minimum atomic E-state index is -0.557. The van der Waals surface area contributed by atoms with Crippen LogP contribution in [-0.4, -0.2) is 65.6 Å². The summed E-state index contributed by atoms with van der Waals surface area (Å²) in [5.41, 5.74) is 0.849. The zero-order valence-corrected chi connectivity index (χ0v) is 16.7. The Morgan fingerprint density at radius 2 is 1.90 bits per heavy atom. The van der Waals surface area contributed by atoms with Crippen LogP contribution in [0.15, 0.2) is 48.7 Å². The summed E-state index contributed by atoms with van der Waals surface area (Å²) in [6.45, 7) is 0.649. The maximum Gasteiger partial charge on any atom is 0.360 e. The Hall–Kier alpha value is -3.50. The molecule has 2 amide bonds. The van der Waals surface area contributed by atoms with Gasteiger partial charge in [0.2, 0.25) is 0 Å². The average molecular weight is 423 g/mol. The van der Waals surface area contributed by atoms with Crippen LogP contribution in [-0.2, 0) is 14.2 Å². The molecule has 5 rings (SSSR count). The van der Waals surface area contributed by atoms with E-state index in [1.165, 1.54) is 13.3 Å². The van der Waals surface area contributed by atoms with Crippen LogP contribution >= 0.6 is 0 Å². The molecule has 1 aromatic heterocycles. The number of carbonyl (C=O) groups excluding carboxylic acids is 2. The smallest absolute Gasteiger partial charge is 0.360 e. The number of aromatic nitrogens is 3. The number of nitrogens with one attached hydrogen (secondary N) is 2. The second-order valence-corrected chi connectivity index (χ2v) is 7.47. The highest BCUT2D eigenvalue weighted by Crippen LogP contribution is 2.34. The van der Waals surface area contributed by atoms with E-state index in [0.29, 0.717) is 13.2 Å². The second-order valence-electron chi connectivity index (χ2n) is 7.47. The van der Waals surface area contributed by atoms with Crippen molar-refractivity contribution < 1.29 is 23.8 Å². The van der Waals surface area contributed by atoms with Gasteiger partial charge in [-0.2, -0.15) is 0 Å². The average Bonchev–Trinajstić information content (AvgIpc) is 3.51. The molecule has 0 radical (unpaired) electrons. The van der Waals surface area contributed by atoms with E-state index in [0.717, 1.165) is 16.5 Å². The summed E-state index contributed by atoms with van der Waals surface area (Å²) < 4.78 is 18.0. The minimum absolute atomic E-state index is 0.119. The molecule has 2 aliphatic rings. The number of hydrogen-bond donors (Lipinski definition) is 2. The molecule has 31 heavy (non-hydrogen) atoms. The summed E-state index contributed by atoms with van der Waals surface area (Å²) in [7, 11) is 1.29. The number of urea groups is 1. The molecule has 0 unspecified atom stereocenters. The number of ether oxygens (including phenoxy) is 3. The molecular formula is C21H21N5O5. The van der Waals surface area contributed by atoms with Gasteiger partial charge in [-0.25, -0.2) is 14.3 Å². The third kappa shape index (κ3) is 3.60. The van der Waals surface area contributed by atoms with Gasteiger partial charge >= 0.3 is 12.0 Å². The minimum Gasteiger partial charge on any atom is -0.464 e. The van der Waals surface area contributed by atoms with Gasteiger partial charge in [0.15, 0.2) is 5.69 Å². The molecule has 160 valence electrons. The first-order valence-corrected chi connectivity index (χ1v) is 9.92. The maximum atomic E-state index is 12.7. The van der Waals surface area contributed by atoms with Gasteiger partial charge in [0.05, 0.1) is 38.2 Å². The SMILES string of the molecule is COC(=O)c1cn([C@@H]2CO[C@@H]3[C@@H]2OC[C@@H]3NC(=O)Nc2cccc3ccccc23)nn1. The van der Waals surface area contributed by atoms with Crippen LogP contribution in [0, 0.1) is 0 Å². The number of esters is 1. The second kappa shape index (κ2) is 7.97. The van der Waals surface area contributed by atoms with E-state index in [-0.39, 0.29) is 36.0 Å². The van der Waals surface area contributed by atoms with E-state index < -0.39 is 5.97 Å². The van der Waals surface area contributed by atoms with Crippen molar-refractivity contribution in [3.8, 4) is 0 Å². The summed E-state index contributed by atoms with van der Waals surface area (Å²) >= 11 is 0. The Bertz CT molecular complexity index is 1130. The molecule has 2 aromatic carbocycles. The van der Waals surface area contributed by atoms with Gasteiger partial charge in [0.1, 0.15) is 18.2 Å². The quantitative estimate of drug-likeness (QED) is 0.614. The highest BCUT2D eigenvalue weighted by atomic mass is 16.6. The molecule has 2 saturated heterocycles. The van der Waals surface area contributed by atoms with Crippen LogP contribution in [0.25, 0.3) is 10.8 Å². The zero-order valence-electron chi connectivity index (χ0n) is 16.7. The largest absolute Gasteiger partial charge is 0.464 e. The number of carbonyl (C=O) groups is 2. The van der Waals surface area contributed by atoms with Gasteiger partial charge in [0, 0.05) is 5.39 Å². The predicted octanol–water partition coefficient (Wildman–Crippen LogP) is 1.75. The summed E-state index contributed by atoms with van der Waals surface area (Å²) in [6.07, 6.45) is 0.878.